The molecule has 5 nitrogen and oxygen atoms in total. The van der Waals surface area contributed by atoms with E-state index in [0.29, 0.717) is 19.6 Å². The molecule has 2 aromatic rings. The molecule has 3 rings (SSSR count). The average Bonchev–Trinajstić information content (AvgIpc) is 2.76. The van der Waals surface area contributed by atoms with E-state index in [2.05, 4.69) is 4.84 Å². The number of rotatable bonds is 10. The fourth-order valence-corrected chi connectivity index (χ4v) is 4.16. The number of aliphatic carboxylic acids is 1. The minimum absolute atomic E-state index is 0.00485. The van der Waals surface area contributed by atoms with E-state index < -0.39 is 5.97 Å². The Morgan fingerprint density at radius 1 is 0.966 bits per heavy atom. The van der Waals surface area contributed by atoms with Gasteiger partial charge in [-0.3, -0.25) is 4.79 Å². The molecule has 2 N–H and O–H groups in total. The number of carboxylic acids is 1. The number of carboxylic acid groups (broad SMARTS) is 1. The molecule has 0 spiro atoms. The SMILES string of the molecule is O=C(O)CC(NCl)C1CCC(OCc2ccccc2)C(OCc2ccccc2)C1. The van der Waals surface area contributed by atoms with Gasteiger partial charge in [0, 0.05) is 6.04 Å². The highest BCUT2D eigenvalue weighted by atomic mass is 35.5. The second-order valence-electron chi connectivity index (χ2n) is 7.56. The van der Waals surface area contributed by atoms with Crippen LogP contribution < -0.4 is 4.84 Å². The number of nitrogens with one attached hydrogen (secondary N) is 1. The molecule has 0 amide bonds. The number of carbonyl (C=O) groups is 1. The van der Waals surface area contributed by atoms with Gasteiger partial charge in [-0.05, 0) is 48.1 Å². The highest BCUT2D eigenvalue weighted by Gasteiger charge is 2.36. The van der Waals surface area contributed by atoms with Gasteiger partial charge in [-0.25, -0.2) is 4.84 Å². The van der Waals surface area contributed by atoms with Crippen LogP contribution in [0.5, 0.6) is 0 Å². The first-order valence-electron chi connectivity index (χ1n) is 10.0. The Balaban J connectivity index is 1.64. The van der Waals surface area contributed by atoms with Gasteiger partial charge in [0.05, 0.1) is 31.8 Å². The summed E-state index contributed by atoms with van der Waals surface area (Å²) in [4.78, 5) is 13.8. The van der Waals surface area contributed by atoms with Crippen LogP contribution in [0.4, 0.5) is 0 Å². The van der Waals surface area contributed by atoms with Crippen molar-refractivity contribution in [3.8, 4) is 0 Å². The van der Waals surface area contributed by atoms with Gasteiger partial charge in [0.15, 0.2) is 0 Å². The largest absolute Gasteiger partial charge is 0.481 e. The van der Waals surface area contributed by atoms with Crippen molar-refractivity contribution in [2.45, 2.75) is 57.1 Å². The van der Waals surface area contributed by atoms with Gasteiger partial charge in [-0.1, -0.05) is 60.7 Å². The first-order valence-corrected chi connectivity index (χ1v) is 10.4. The lowest BCUT2D eigenvalue weighted by Gasteiger charge is -2.38. The molecule has 4 atom stereocenters. The zero-order valence-electron chi connectivity index (χ0n) is 16.4. The molecule has 0 bridgehead atoms. The van der Waals surface area contributed by atoms with E-state index in [0.717, 1.165) is 24.0 Å². The van der Waals surface area contributed by atoms with Crippen molar-refractivity contribution in [3.63, 3.8) is 0 Å². The van der Waals surface area contributed by atoms with E-state index >= 15 is 0 Å². The van der Waals surface area contributed by atoms with Gasteiger partial charge in [0.2, 0.25) is 0 Å². The Morgan fingerprint density at radius 2 is 1.52 bits per heavy atom. The van der Waals surface area contributed by atoms with Crippen LogP contribution in [0.15, 0.2) is 60.7 Å². The summed E-state index contributed by atoms with van der Waals surface area (Å²) in [5, 5.41) is 9.17. The Hall–Kier alpha value is -1.92. The predicted molar refractivity (Wildman–Crippen MR) is 112 cm³/mol. The van der Waals surface area contributed by atoms with Crippen LogP contribution in [-0.4, -0.2) is 29.3 Å². The van der Waals surface area contributed by atoms with Crippen molar-refractivity contribution in [2.24, 2.45) is 5.92 Å². The number of hydrogen-bond donors (Lipinski definition) is 2. The fourth-order valence-electron chi connectivity index (χ4n) is 3.90. The van der Waals surface area contributed by atoms with E-state index in [1.807, 2.05) is 60.7 Å². The maximum atomic E-state index is 11.2. The summed E-state index contributed by atoms with van der Waals surface area (Å²) in [6.45, 7) is 1.04. The Morgan fingerprint density at radius 3 is 2.03 bits per heavy atom. The molecule has 0 aromatic heterocycles. The van der Waals surface area contributed by atoms with E-state index in [4.69, 9.17) is 21.3 Å². The lowest BCUT2D eigenvalue weighted by atomic mass is 9.80. The molecule has 1 fully saturated rings. The summed E-state index contributed by atoms with van der Waals surface area (Å²) in [6, 6.07) is 19.8. The maximum absolute atomic E-state index is 11.2. The summed E-state index contributed by atoms with van der Waals surface area (Å²) in [5.74, 6) is -0.728. The highest BCUT2D eigenvalue weighted by molar-refractivity contribution is 6.13. The summed E-state index contributed by atoms with van der Waals surface area (Å²) >= 11 is 5.86. The van der Waals surface area contributed by atoms with Gasteiger partial charge < -0.3 is 14.6 Å². The molecular weight excluding hydrogens is 390 g/mol. The van der Waals surface area contributed by atoms with Gasteiger partial charge in [-0.15, -0.1) is 0 Å². The number of benzene rings is 2. The molecule has 0 saturated heterocycles. The Bertz CT molecular complexity index is 743. The van der Waals surface area contributed by atoms with Crippen molar-refractivity contribution >= 4 is 17.7 Å². The third-order valence-corrected chi connectivity index (χ3v) is 5.77. The minimum atomic E-state index is -0.854. The Labute approximate surface area is 177 Å². The molecule has 1 saturated carbocycles. The van der Waals surface area contributed by atoms with Crippen molar-refractivity contribution < 1.29 is 19.4 Å². The summed E-state index contributed by atoms with van der Waals surface area (Å²) in [6.07, 6.45) is 2.22. The Kier molecular flexibility index (Phi) is 8.50. The van der Waals surface area contributed by atoms with Crippen LogP contribution in [-0.2, 0) is 27.5 Å². The molecule has 0 radical (unpaired) electrons. The highest BCUT2D eigenvalue weighted by Crippen LogP contribution is 2.33. The maximum Gasteiger partial charge on any atom is 0.304 e. The zero-order valence-corrected chi connectivity index (χ0v) is 17.1. The first kappa shape index (κ1) is 21.8. The second-order valence-corrected chi connectivity index (χ2v) is 7.77. The molecule has 1 aliphatic carbocycles. The molecule has 156 valence electrons. The third-order valence-electron chi connectivity index (χ3n) is 5.49. The molecule has 6 heteroatoms. The average molecular weight is 418 g/mol. The van der Waals surface area contributed by atoms with Crippen LogP contribution in [0.1, 0.15) is 36.8 Å². The van der Waals surface area contributed by atoms with Gasteiger partial charge >= 0.3 is 5.97 Å². The van der Waals surface area contributed by atoms with Gasteiger partial charge in [0.25, 0.3) is 0 Å². The molecular formula is C23H28ClNO4. The van der Waals surface area contributed by atoms with E-state index in [1.165, 1.54) is 0 Å². The van der Waals surface area contributed by atoms with Crippen molar-refractivity contribution in [2.75, 3.05) is 0 Å². The molecule has 1 aliphatic rings. The van der Waals surface area contributed by atoms with Gasteiger partial charge in [-0.2, -0.15) is 0 Å². The normalized spacial score (nSPS) is 22.9. The van der Waals surface area contributed by atoms with Crippen LogP contribution in [0, 0.1) is 5.92 Å². The van der Waals surface area contributed by atoms with Crippen molar-refractivity contribution in [3.05, 3.63) is 71.8 Å². The molecule has 4 unspecified atom stereocenters. The van der Waals surface area contributed by atoms with E-state index in [9.17, 15) is 9.90 Å². The fraction of sp³-hybridized carbons (Fsp3) is 0.435. The van der Waals surface area contributed by atoms with Crippen molar-refractivity contribution in [1.82, 2.24) is 4.84 Å². The smallest absolute Gasteiger partial charge is 0.304 e. The van der Waals surface area contributed by atoms with E-state index in [-0.39, 0.29) is 30.6 Å². The number of halogens is 1. The third kappa shape index (κ3) is 6.82. The topological polar surface area (TPSA) is 67.8 Å². The predicted octanol–water partition coefficient (Wildman–Crippen LogP) is 4.54. The number of ether oxygens (including phenoxy) is 2. The van der Waals surface area contributed by atoms with Crippen LogP contribution in [0.25, 0.3) is 0 Å². The summed E-state index contributed by atoms with van der Waals surface area (Å²) in [5.41, 5.74) is 2.23. The van der Waals surface area contributed by atoms with Crippen molar-refractivity contribution in [1.29, 1.82) is 0 Å². The summed E-state index contributed by atoms with van der Waals surface area (Å²) < 4.78 is 12.5. The quantitative estimate of drug-likeness (QED) is 0.555. The van der Waals surface area contributed by atoms with Crippen LogP contribution in [0.2, 0.25) is 0 Å². The summed E-state index contributed by atoms with van der Waals surface area (Å²) in [7, 11) is 0. The molecule has 0 aliphatic heterocycles. The standard InChI is InChI=1S/C23H28ClNO4/c24-25-20(14-23(26)27)19-11-12-21(28-15-17-7-3-1-4-8-17)22(13-19)29-16-18-9-5-2-6-10-18/h1-10,19-22,25H,11-16H2,(H,26,27). The van der Waals surface area contributed by atoms with E-state index in [1.54, 1.807) is 0 Å². The lowest BCUT2D eigenvalue weighted by molar-refractivity contribution is -0.139. The molecule has 29 heavy (non-hydrogen) atoms. The second kappa shape index (κ2) is 11.3. The minimum Gasteiger partial charge on any atom is -0.481 e. The zero-order chi connectivity index (χ0) is 20.5. The monoisotopic (exact) mass is 417 g/mol. The molecule has 0 heterocycles. The van der Waals surface area contributed by atoms with Gasteiger partial charge in [0.1, 0.15) is 0 Å². The first-order chi connectivity index (χ1) is 14.2. The lowest BCUT2D eigenvalue weighted by Crippen LogP contribution is -2.44. The van der Waals surface area contributed by atoms with Crippen LogP contribution in [0.3, 0.4) is 0 Å². The molecule has 2 aromatic carbocycles. The number of hydrogen-bond acceptors (Lipinski definition) is 4. The van der Waals surface area contributed by atoms with Crippen LogP contribution >= 0.6 is 11.8 Å².